The zero-order chi connectivity index (χ0) is 39.0. The van der Waals surface area contributed by atoms with Crippen molar-refractivity contribution in [2.24, 2.45) is 0 Å². The minimum Gasteiger partial charge on any atom is -0.309 e. The molecule has 4 heterocycles. The summed E-state index contributed by atoms with van der Waals surface area (Å²) in [6.45, 7) is 0. The summed E-state index contributed by atoms with van der Waals surface area (Å²) in [6.07, 6.45) is 0. The third-order valence-electron chi connectivity index (χ3n) is 11.9. The van der Waals surface area contributed by atoms with Crippen molar-refractivity contribution in [3.05, 3.63) is 217 Å². The van der Waals surface area contributed by atoms with Gasteiger partial charge >= 0.3 is 0 Å². The maximum atomic E-state index is 14.8. The molecule has 0 fully saturated rings. The van der Waals surface area contributed by atoms with Crippen LogP contribution in [-0.2, 0) is 0 Å². The third kappa shape index (κ3) is 5.12. The van der Waals surface area contributed by atoms with Crippen LogP contribution in [-0.4, -0.2) is 18.7 Å². The summed E-state index contributed by atoms with van der Waals surface area (Å²) in [5.74, 6) is 0.698. The maximum Gasteiger partial charge on any atom is 0.282 e. The lowest BCUT2D eigenvalue weighted by Crippen LogP contribution is -2.20. The number of benzene rings is 8. The van der Waals surface area contributed by atoms with Crippen LogP contribution < -0.4 is 5.56 Å². The van der Waals surface area contributed by atoms with E-state index < -0.39 is 0 Å². The Morgan fingerprint density at radius 3 is 1.44 bits per heavy atom. The first-order chi connectivity index (χ1) is 29.2. The van der Waals surface area contributed by atoms with Crippen LogP contribution in [0.5, 0.6) is 0 Å². The number of nitrogens with zero attached hydrogens (tertiary/aromatic N) is 4. The Morgan fingerprint density at radius 1 is 0.305 bits per heavy atom. The molecule has 5 nitrogen and oxygen atoms in total. The number of hydrogen-bond acceptors (Lipinski definition) is 2. The van der Waals surface area contributed by atoms with Crippen molar-refractivity contribution in [3.63, 3.8) is 0 Å². The van der Waals surface area contributed by atoms with Crippen LogP contribution in [0.15, 0.2) is 211 Å². The number of para-hydroxylation sites is 4. The fraction of sp³-hybridized carbons (Fsp3) is 0. The molecule has 0 N–H and O–H groups in total. The van der Waals surface area contributed by atoms with Crippen LogP contribution in [0.25, 0.3) is 105 Å². The fourth-order valence-electron chi connectivity index (χ4n) is 9.18. The highest BCUT2D eigenvalue weighted by molar-refractivity contribution is 6.13. The van der Waals surface area contributed by atoms with Crippen molar-refractivity contribution in [1.82, 2.24) is 18.7 Å². The lowest BCUT2D eigenvalue weighted by atomic mass is 10.0. The molecule has 0 amide bonds. The molecule has 0 saturated heterocycles. The number of fused-ring (bicyclic) bond motifs is 9. The van der Waals surface area contributed by atoms with Gasteiger partial charge < -0.3 is 4.57 Å². The van der Waals surface area contributed by atoms with Gasteiger partial charge in [0, 0.05) is 43.7 Å². The van der Waals surface area contributed by atoms with Crippen molar-refractivity contribution >= 4 is 65.4 Å². The second kappa shape index (κ2) is 13.0. The molecule has 5 heteroatoms. The van der Waals surface area contributed by atoms with Crippen LogP contribution in [0.1, 0.15) is 0 Å². The van der Waals surface area contributed by atoms with E-state index in [-0.39, 0.29) is 5.56 Å². The first-order valence-electron chi connectivity index (χ1n) is 19.9. The van der Waals surface area contributed by atoms with E-state index in [0.717, 1.165) is 71.7 Å². The molecule has 276 valence electrons. The number of pyridine rings is 2. The van der Waals surface area contributed by atoms with Gasteiger partial charge in [0.15, 0.2) is 0 Å². The summed E-state index contributed by atoms with van der Waals surface area (Å²) in [4.78, 5) is 20.0. The van der Waals surface area contributed by atoms with E-state index in [1.54, 1.807) is 0 Å². The van der Waals surface area contributed by atoms with Gasteiger partial charge in [-0.2, -0.15) is 0 Å². The average molecular weight is 755 g/mol. The first-order valence-corrected chi connectivity index (χ1v) is 19.9. The fourth-order valence-corrected chi connectivity index (χ4v) is 9.18. The minimum absolute atomic E-state index is 0.155. The first kappa shape index (κ1) is 33.2. The lowest BCUT2D eigenvalue weighted by Gasteiger charge is -2.15. The Bertz CT molecular complexity index is 3690. The molecule has 0 aliphatic carbocycles. The van der Waals surface area contributed by atoms with Gasteiger partial charge in [-0.25, -0.2) is 4.98 Å². The van der Waals surface area contributed by atoms with Gasteiger partial charge in [-0.05, 0) is 101 Å². The van der Waals surface area contributed by atoms with E-state index in [4.69, 9.17) is 4.98 Å². The Kier molecular flexibility index (Phi) is 7.31. The zero-order valence-corrected chi connectivity index (χ0v) is 31.8. The van der Waals surface area contributed by atoms with Crippen molar-refractivity contribution < 1.29 is 0 Å². The minimum atomic E-state index is -0.155. The van der Waals surface area contributed by atoms with Gasteiger partial charge in [0.2, 0.25) is 0 Å². The molecule has 59 heavy (non-hydrogen) atoms. The Hall–Kier alpha value is -8.02. The number of hydrogen-bond donors (Lipinski definition) is 0. The van der Waals surface area contributed by atoms with E-state index in [1.165, 1.54) is 21.8 Å². The Morgan fingerprint density at radius 2 is 0.780 bits per heavy atom. The predicted molar refractivity (Wildman–Crippen MR) is 244 cm³/mol. The van der Waals surface area contributed by atoms with Crippen molar-refractivity contribution in [2.75, 3.05) is 0 Å². The van der Waals surface area contributed by atoms with Crippen LogP contribution >= 0.6 is 0 Å². The van der Waals surface area contributed by atoms with Gasteiger partial charge in [0.05, 0.1) is 27.6 Å². The van der Waals surface area contributed by atoms with Gasteiger partial charge in [0.25, 0.3) is 5.56 Å². The molecule has 0 saturated carbocycles. The van der Waals surface area contributed by atoms with Crippen molar-refractivity contribution in [3.8, 4) is 39.4 Å². The van der Waals surface area contributed by atoms with Crippen molar-refractivity contribution in [2.45, 2.75) is 0 Å². The molecular weight excluding hydrogens is 721 g/mol. The zero-order valence-electron chi connectivity index (χ0n) is 31.8. The molecule has 0 spiro atoms. The molecule has 0 atom stereocenters. The smallest absolute Gasteiger partial charge is 0.282 e. The van der Waals surface area contributed by atoms with Gasteiger partial charge in [-0.3, -0.25) is 13.9 Å². The highest BCUT2D eigenvalue weighted by Crippen LogP contribution is 2.38. The van der Waals surface area contributed by atoms with Gasteiger partial charge in [-0.1, -0.05) is 127 Å². The summed E-state index contributed by atoms with van der Waals surface area (Å²) >= 11 is 0. The molecular formula is C54H34N4O. The third-order valence-corrected chi connectivity index (χ3v) is 11.9. The molecule has 0 radical (unpaired) electrons. The number of aromatic nitrogens is 4. The summed E-state index contributed by atoms with van der Waals surface area (Å²) < 4.78 is 6.36. The Balaban J connectivity index is 1.03. The largest absolute Gasteiger partial charge is 0.309 e. The summed E-state index contributed by atoms with van der Waals surface area (Å²) in [7, 11) is 0. The summed E-state index contributed by atoms with van der Waals surface area (Å²) in [5, 5.41) is 6.50. The highest BCUT2D eigenvalue weighted by Gasteiger charge is 2.19. The van der Waals surface area contributed by atoms with Crippen LogP contribution in [0.3, 0.4) is 0 Å². The summed E-state index contributed by atoms with van der Waals surface area (Å²) in [5.41, 5.74) is 11.9. The van der Waals surface area contributed by atoms with Gasteiger partial charge in [-0.15, -0.1) is 0 Å². The van der Waals surface area contributed by atoms with E-state index >= 15 is 0 Å². The molecule has 12 rings (SSSR count). The molecule has 0 aliphatic rings. The summed E-state index contributed by atoms with van der Waals surface area (Å²) in [6, 6.07) is 71.8. The van der Waals surface area contributed by atoms with Crippen LogP contribution in [0.4, 0.5) is 0 Å². The highest BCUT2D eigenvalue weighted by atomic mass is 16.1. The SMILES string of the molecule is O=c1c2nc(-n3c4ccccc4c4cc(-c5ccc6c(c5)c5ccccc5n6-c5ccccc5)ccc43)ccc2c2ccccc2n1-c1cccc(-c2ccccc2)c1. The topological polar surface area (TPSA) is 44.8 Å². The van der Waals surface area contributed by atoms with Gasteiger partial charge in [0.1, 0.15) is 11.3 Å². The normalized spacial score (nSPS) is 11.8. The monoisotopic (exact) mass is 754 g/mol. The second-order valence-corrected chi connectivity index (χ2v) is 15.1. The molecule has 8 aromatic carbocycles. The molecule has 4 aromatic heterocycles. The van der Waals surface area contributed by atoms with E-state index in [9.17, 15) is 4.79 Å². The van der Waals surface area contributed by atoms with E-state index in [0.29, 0.717) is 11.3 Å². The van der Waals surface area contributed by atoms with Crippen molar-refractivity contribution in [1.29, 1.82) is 0 Å². The van der Waals surface area contributed by atoms with Crippen LogP contribution in [0, 0.1) is 0 Å². The lowest BCUT2D eigenvalue weighted by molar-refractivity contribution is 1.04. The van der Waals surface area contributed by atoms with E-state index in [1.807, 2.05) is 59.2 Å². The quantitative estimate of drug-likeness (QED) is 0.164. The molecule has 0 unspecified atom stereocenters. The van der Waals surface area contributed by atoms with Crippen LogP contribution in [0.2, 0.25) is 0 Å². The maximum absolute atomic E-state index is 14.8. The Labute approximate surface area is 338 Å². The molecule has 12 aromatic rings. The predicted octanol–water partition coefficient (Wildman–Crippen LogP) is 13.1. The molecule has 0 aliphatic heterocycles. The average Bonchev–Trinajstić information content (AvgIpc) is 3.82. The second-order valence-electron chi connectivity index (χ2n) is 15.1. The molecule has 0 bridgehead atoms. The number of rotatable bonds is 5. The standard InChI is InChI=1S/C54H34N4O/c59-54-53-44(41-20-7-11-24-48(41)57(54)40-19-13-16-36(32-40)35-14-3-1-4-15-35)28-31-52(55-53)58-49-25-12-9-22-43(49)46-34-38(27-30-51(46)58)37-26-29-50-45(33-37)42-21-8-10-23-47(42)56(50)39-17-5-2-6-18-39/h1-34H. The van der Waals surface area contributed by atoms with E-state index in [2.05, 4.69) is 161 Å².